The highest BCUT2D eigenvalue weighted by Crippen LogP contribution is 2.32. The molecule has 0 saturated heterocycles. The SMILES string of the molecule is Brc1ccc(C2=Cc3ccccc3C2)cc1.Brc1ccc(C2=Cc3ccccc3C2)cc1. The molecular formula is C30H22Br2. The fourth-order valence-corrected chi connectivity index (χ4v) is 4.79. The first-order valence-corrected chi connectivity index (χ1v) is 12.3. The molecule has 0 aromatic heterocycles. The molecule has 156 valence electrons. The molecule has 0 amide bonds. The Labute approximate surface area is 206 Å². The second-order valence-corrected chi connectivity index (χ2v) is 9.94. The molecule has 0 spiro atoms. The minimum atomic E-state index is 1.05. The molecule has 0 aliphatic heterocycles. The molecule has 0 unspecified atom stereocenters. The van der Waals surface area contributed by atoms with Crippen LogP contribution >= 0.6 is 31.9 Å². The van der Waals surface area contributed by atoms with E-state index >= 15 is 0 Å². The zero-order valence-electron chi connectivity index (χ0n) is 17.6. The molecule has 2 heteroatoms. The summed E-state index contributed by atoms with van der Waals surface area (Å²) in [4.78, 5) is 0. The van der Waals surface area contributed by atoms with Crippen LogP contribution in [-0.4, -0.2) is 0 Å². The molecule has 32 heavy (non-hydrogen) atoms. The quantitative estimate of drug-likeness (QED) is 0.237. The van der Waals surface area contributed by atoms with Gasteiger partial charge in [-0.3, -0.25) is 0 Å². The highest BCUT2D eigenvalue weighted by molar-refractivity contribution is 9.10. The maximum atomic E-state index is 3.46. The maximum Gasteiger partial charge on any atom is 0.0175 e. The second-order valence-electron chi connectivity index (χ2n) is 8.10. The molecule has 0 N–H and O–H groups in total. The monoisotopic (exact) mass is 540 g/mol. The van der Waals surface area contributed by atoms with Crippen LogP contribution in [0.5, 0.6) is 0 Å². The largest absolute Gasteiger partial charge is 0.0619 e. The van der Waals surface area contributed by atoms with E-state index in [-0.39, 0.29) is 0 Å². The van der Waals surface area contributed by atoms with Crippen molar-refractivity contribution >= 4 is 55.2 Å². The third-order valence-corrected chi connectivity index (χ3v) is 7.02. The zero-order valence-corrected chi connectivity index (χ0v) is 20.7. The number of allylic oxidation sites excluding steroid dienone is 2. The Morgan fingerprint density at radius 2 is 0.812 bits per heavy atom. The number of halogens is 2. The summed E-state index contributed by atoms with van der Waals surface area (Å²) in [5.41, 5.74) is 11.0. The molecule has 0 atom stereocenters. The number of rotatable bonds is 2. The van der Waals surface area contributed by atoms with E-state index in [2.05, 4.69) is 141 Å². The van der Waals surface area contributed by atoms with E-state index in [0.717, 1.165) is 21.8 Å². The lowest BCUT2D eigenvalue weighted by atomic mass is 10.0. The van der Waals surface area contributed by atoms with Crippen LogP contribution in [-0.2, 0) is 12.8 Å². The molecule has 4 aromatic carbocycles. The third kappa shape index (κ3) is 4.72. The van der Waals surface area contributed by atoms with E-state index in [1.165, 1.54) is 44.5 Å². The fraction of sp³-hybridized carbons (Fsp3) is 0.0667. The van der Waals surface area contributed by atoms with E-state index in [1.54, 1.807) is 0 Å². The van der Waals surface area contributed by atoms with E-state index < -0.39 is 0 Å². The first kappa shape index (κ1) is 21.2. The molecule has 2 aliphatic carbocycles. The van der Waals surface area contributed by atoms with Crippen molar-refractivity contribution in [2.24, 2.45) is 0 Å². The summed E-state index contributed by atoms with van der Waals surface area (Å²) >= 11 is 6.93. The van der Waals surface area contributed by atoms with Gasteiger partial charge in [0, 0.05) is 8.95 Å². The highest BCUT2D eigenvalue weighted by atomic mass is 79.9. The predicted molar refractivity (Wildman–Crippen MR) is 144 cm³/mol. The van der Waals surface area contributed by atoms with Crippen LogP contribution in [0.2, 0.25) is 0 Å². The van der Waals surface area contributed by atoms with Crippen LogP contribution < -0.4 is 0 Å². The van der Waals surface area contributed by atoms with Crippen LogP contribution in [0.15, 0.2) is 106 Å². The van der Waals surface area contributed by atoms with Crippen molar-refractivity contribution in [1.82, 2.24) is 0 Å². The minimum Gasteiger partial charge on any atom is -0.0619 e. The van der Waals surface area contributed by atoms with Crippen molar-refractivity contribution in [1.29, 1.82) is 0 Å². The predicted octanol–water partition coefficient (Wildman–Crippen LogP) is 9.09. The zero-order chi connectivity index (χ0) is 21.9. The van der Waals surface area contributed by atoms with Crippen LogP contribution in [0.1, 0.15) is 33.4 Å². The Morgan fingerprint density at radius 3 is 1.19 bits per heavy atom. The summed E-state index contributed by atoms with van der Waals surface area (Å²) in [5, 5.41) is 0. The summed E-state index contributed by atoms with van der Waals surface area (Å²) in [7, 11) is 0. The summed E-state index contributed by atoms with van der Waals surface area (Å²) in [5.74, 6) is 0. The Bertz CT molecular complexity index is 1200. The Hall–Kier alpha value is -2.68. The summed E-state index contributed by atoms with van der Waals surface area (Å²) in [6, 6.07) is 34.2. The number of hydrogen-bond acceptors (Lipinski definition) is 0. The minimum absolute atomic E-state index is 1.05. The average Bonchev–Trinajstić information content (AvgIpc) is 3.45. The van der Waals surface area contributed by atoms with Gasteiger partial charge in [-0.1, -0.05) is 117 Å². The molecular weight excluding hydrogens is 520 g/mol. The van der Waals surface area contributed by atoms with Gasteiger partial charge in [0.2, 0.25) is 0 Å². The van der Waals surface area contributed by atoms with Gasteiger partial charge in [0.05, 0.1) is 0 Å². The molecule has 0 heterocycles. The van der Waals surface area contributed by atoms with E-state index in [4.69, 9.17) is 0 Å². The lowest BCUT2D eigenvalue weighted by Crippen LogP contribution is -1.84. The van der Waals surface area contributed by atoms with Gasteiger partial charge in [0.25, 0.3) is 0 Å². The Kier molecular flexibility index (Phi) is 6.25. The molecule has 0 fully saturated rings. The van der Waals surface area contributed by atoms with Crippen molar-refractivity contribution in [3.05, 3.63) is 139 Å². The highest BCUT2D eigenvalue weighted by Gasteiger charge is 2.13. The molecule has 0 radical (unpaired) electrons. The number of hydrogen-bond donors (Lipinski definition) is 0. The average molecular weight is 542 g/mol. The van der Waals surface area contributed by atoms with Gasteiger partial charge >= 0.3 is 0 Å². The van der Waals surface area contributed by atoms with Crippen molar-refractivity contribution < 1.29 is 0 Å². The first-order chi connectivity index (χ1) is 15.7. The molecule has 0 nitrogen and oxygen atoms in total. The van der Waals surface area contributed by atoms with E-state index in [1.807, 2.05) is 0 Å². The molecule has 0 bridgehead atoms. The summed E-state index contributed by atoms with van der Waals surface area (Å²) in [6.07, 6.45) is 6.69. The normalized spacial score (nSPS) is 13.4. The Balaban J connectivity index is 0.000000135. The van der Waals surface area contributed by atoms with Crippen molar-refractivity contribution in [2.75, 3.05) is 0 Å². The molecule has 4 aromatic rings. The van der Waals surface area contributed by atoms with Gasteiger partial charge in [-0.2, -0.15) is 0 Å². The van der Waals surface area contributed by atoms with Crippen molar-refractivity contribution in [3.8, 4) is 0 Å². The van der Waals surface area contributed by atoms with Gasteiger partial charge in [-0.25, -0.2) is 0 Å². The van der Waals surface area contributed by atoms with Crippen LogP contribution in [0.3, 0.4) is 0 Å². The maximum absolute atomic E-state index is 3.46. The van der Waals surface area contributed by atoms with Crippen molar-refractivity contribution in [2.45, 2.75) is 12.8 Å². The Morgan fingerprint density at radius 1 is 0.438 bits per heavy atom. The van der Waals surface area contributed by atoms with Crippen LogP contribution in [0.4, 0.5) is 0 Å². The topological polar surface area (TPSA) is 0 Å². The third-order valence-electron chi connectivity index (χ3n) is 5.96. The van der Waals surface area contributed by atoms with Crippen molar-refractivity contribution in [3.63, 3.8) is 0 Å². The van der Waals surface area contributed by atoms with Crippen LogP contribution in [0, 0.1) is 0 Å². The van der Waals surface area contributed by atoms with Gasteiger partial charge in [0.15, 0.2) is 0 Å². The fourth-order valence-electron chi connectivity index (χ4n) is 4.26. The molecule has 6 rings (SSSR count). The lowest BCUT2D eigenvalue weighted by Gasteiger charge is -2.02. The van der Waals surface area contributed by atoms with E-state index in [9.17, 15) is 0 Å². The van der Waals surface area contributed by atoms with E-state index in [0.29, 0.717) is 0 Å². The van der Waals surface area contributed by atoms with Gasteiger partial charge < -0.3 is 0 Å². The van der Waals surface area contributed by atoms with Gasteiger partial charge in [-0.15, -0.1) is 0 Å². The van der Waals surface area contributed by atoms with Gasteiger partial charge in [-0.05, 0) is 81.6 Å². The van der Waals surface area contributed by atoms with Crippen LogP contribution in [0.25, 0.3) is 23.3 Å². The first-order valence-electron chi connectivity index (χ1n) is 10.7. The molecule has 2 aliphatic rings. The summed E-state index contributed by atoms with van der Waals surface area (Å²) in [6.45, 7) is 0. The lowest BCUT2D eigenvalue weighted by molar-refractivity contribution is 1.31. The summed E-state index contributed by atoms with van der Waals surface area (Å²) < 4.78 is 2.26. The standard InChI is InChI=1S/2C15H11Br/c2*16-15-7-5-11(6-8-15)14-9-12-3-1-2-4-13(12)10-14/h2*1-9H,10H2. The molecule has 0 saturated carbocycles. The number of benzene rings is 4. The van der Waals surface area contributed by atoms with Gasteiger partial charge in [0.1, 0.15) is 0 Å². The smallest absolute Gasteiger partial charge is 0.0175 e. The number of fused-ring (bicyclic) bond motifs is 2. The second kappa shape index (κ2) is 9.44.